The lowest BCUT2D eigenvalue weighted by Crippen LogP contribution is -2.42. The molecule has 2 aromatic rings. The lowest BCUT2D eigenvalue weighted by Gasteiger charge is -2.43. The first kappa shape index (κ1) is 17.5. The van der Waals surface area contributed by atoms with Crippen molar-refractivity contribution in [3.63, 3.8) is 0 Å². The fourth-order valence-corrected chi connectivity index (χ4v) is 4.42. The van der Waals surface area contributed by atoms with Gasteiger partial charge in [-0.25, -0.2) is 9.97 Å². The van der Waals surface area contributed by atoms with Crippen molar-refractivity contribution in [3.8, 4) is 0 Å². The van der Waals surface area contributed by atoms with Crippen molar-refractivity contribution >= 4 is 5.95 Å². The van der Waals surface area contributed by atoms with E-state index in [-0.39, 0.29) is 5.54 Å². The molecule has 26 heavy (non-hydrogen) atoms. The highest BCUT2D eigenvalue weighted by molar-refractivity contribution is 5.40. The molecule has 138 valence electrons. The Morgan fingerprint density at radius 3 is 2.23 bits per heavy atom. The summed E-state index contributed by atoms with van der Waals surface area (Å²) in [6.45, 7) is 7.05. The van der Waals surface area contributed by atoms with Gasteiger partial charge in [-0.2, -0.15) is 0 Å². The molecule has 4 heteroatoms. The lowest BCUT2D eigenvalue weighted by molar-refractivity contribution is 0.172. The van der Waals surface area contributed by atoms with E-state index < -0.39 is 0 Å². The van der Waals surface area contributed by atoms with Crippen LogP contribution in [-0.4, -0.2) is 34.0 Å². The number of benzene rings is 1. The zero-order valence-corrected chi connectivity index (χ0v) is 16.0. The molecule has 0 spiro atoms. The summed E-state index contributed by atoms with van der Waals surface area (Å²) in [4.78, 5) is 11.3. The smallest absolute Gasteiger partial charge is 0.223 e. The first-order chi connectivity index (χ1) is 12.7. The van der Waals surface area contributed by atoms with E-state index in [1.165, 1.54) is 43.5 Å². The molecule has 0 bridgehead atoms. The number of anilines is 1. The molecule has 0 amide bonds. The van der Waals surface area contributed by atoms with E-state index >= 15 is 0 Å². The van der Waals surface area contributed by atoms with Crippen LogP contribution in [0.5, 0.6) is 0 Å². The molecule has 1 saturated heterocycles. The van der Waals surface area contributed by atoms with Crippen LogP contribution in [0.1, 0.15) is 63.0 Å². The van der Waals surface area contributed by atoms with Crippen LogP contribution >= 0.6 is 0 Å². The summed E-state index contributed by atoms with van der Waals surface area (Å²) in [7, 11) is 0. The second kappa shape index (κ2) is 7.36. The van der Waals surface area contributed by atoms with Crippen LogP contribution in [-0.2, 0) is 5.54 Å². The highest BCUT2D eigenvalue weighted by Crippen LogP contribution is 2.44. The van der Waals surface area contributed by atoms with Gasteiger partial charge in [0, 0.05) is 18.4 Å². The normalized spacial score (nSPS) is 20.7. The van der Waals surface area contributed by atoms with Gasteiger partial charge >= 0.3 is 0 Å². The molecular formula is C22H30N4. The zero-order chi connectivity index (χ0) is 18.0. The molecule has 4 nitrogen and oxygen atoms in total. The zero-order valence-electron chi connectivity index (χ0n) is 16.0. The molecule has 2 aliphatic rings. The Balaban J connectivity index is 1.45. The third kappa shape index (κ3) is 3.48. The van der Waals surface area contributed by atoms with Crippen molar-refractivity contribution in [2.75, 3.05) is 18.4 Å². The van der Waals surface area contributed by atoms with E-state index in [0.717, 1.165) is 18.8 Å². The average molecular weight is 351 g/mol. The predicted molar refractivity (Wildman–Crippen MR) is 106 cm³/mol. The summed E-state index contributed by atoms with van der Waals surface area (Å²) in [6, 6.07) is 11.9. The first-order valence-electron chi connectivity index (χ1n) is 10.1. The standard InChI is InChI=1S/C22H30N4/c1-17(2)26-15-9-19(10-16-26)18-5-7-20(8-6-18)22(11-3-12-22)25-21-23-13-4-14-24-21/h4-8,13-14,17,19H,3,9-12,15-16H2,1-2H3,(H,23,24,25). The van der Waals surface area contributed by atoms with Gasteiger partial charge in [0.15, 0.2) is 0 Å². The maximum atomic E-state index is 4.36. The first-order valence-corrected chi connectivity index (χ1v) is 10.1. The van der Waals surface area contributed by atoms with Gasteiger partial charge in [0.05, 0.1) is 5.54 Å². The van der Waals surface area contributed by atoms with Crippen molar-refractivity contribution in [1.29, 1.82) is 0 Å². The van der Waals surface area contributed by atoms with E-state index in [9.17, 15) is 0 Å². The van der Waals surface area contributed by atoms with Crippen molar-refractivity contribution in [3.05, 3.63) is 53.9 Å². The lowest BCUT2D eigenvalue weighted by atomic mass is 9.71. The van der Waals surface area contributed by atoms with E-state index in [0.29, 0.717) is 12.0 Å². The van der Waals surface area contributed by atoms with Crippen LogP contribution in [0, 0.1) is 0 Å². The summed E-state index contributed by atoms with van der Waals surface area (Å²) in [5, 5.41) is 3.60. The van der Waals surface area contributed by atoms with Crippen molar-refractivity contribution < 1.29 is 0 Å². The van der Waals surface area contributed by atoms with Gasteiger partial charge in [0.25, 0.3) is 0 Å². The summed E-state index contributed by atoms with van der Waals surface area (Å²) < 4.78 is 0. The number of hydrogen-bond acceptors (Lipinski definition) is 4. The summed E-state index contributed by atoms with van der Waals surface area (Å²) >= 11 is 0. The monoisotopic (exact) mass is 350 g/mol. The van der Waals surface area contributed by atoms with Gasteiger partial charge in [0.2, 0.25) is 5.95 Å². The number of rotatable bonds is 5. The maximum absolute atomic E-state index is 4.36. The van der Waals surface area contributed by atoms with Crippen LogP contribution in [0.4, 0.5) is 5.95 Å². The Morgan fingerprint density at radius 1 is 1.04 bits per heavy atom. The topological polar surface area (TPSA) is 41.0 Å². The maximum Gasteiger partial charge on any atom is 0.223 e. The fourth-order valence-electron chi connectivity index (χ4n) is 4.42. The van der Waals surface area contributed by atoms with E-state index in [1.807, 2.05) is 6.07 Å². The molecule has 1 aliphatic heterocycles. The SMILES string of the molecule is CC(C)N1CCC(c2ccc(C3(Nc4ncccn4)CCC3)cc2)CC1. The Bertz CT molecular complexity index is 699. The summed E-state index contributed by atoms with van der Waals surface area (Å²) in [6.07, 6.45) is 9.71. The number of piperidine rings is 1. The van der Waals surface area contributed by atoms with Crippen molar-refractivity contribution in [1.82, 2.24) is 14.9 Å². The Hall–Kier alpha value is -1.94. The van der Waals surface area contributed by atoms with Crippen molar-refractivity contribution in [2.24, 2.45) is 0 Å². The van der Waals surface area contributed by atoms with Crippen LogP contribution < -0.4 is 5.32 Å². The van der Waals surface area contributed by atoms with Crippen LogP contribution in [0.15, 0.2) is 42.7 Å². The summed E-state index contributed by atoms with van der Waals surface area (Å²) in [5.74, 6) is 1.44. The molecule has 1 aromatic carbocycles. The molecule has 1 N–H and O–H groups in total. The Morgan fingerprint density at radius 2 is 1.69 bits per heavy atom. The third-order valence-electron chi connectivity index (χ3n) is 6.32. The molecule has 0 atom stereocenters. The molecule has 2 heterocycles. The average Bonchev–Trinajstić information content (AvgIpc) is 2.66. The van der Waals surface area contributed by atoms with Crippen LogP contribution in [0.2, 0.25) is 0 Å². The van der Waals surface area contributed by atoms with E-state index in [4.69, 9.17) is 0 Å². The van der Waals surface area contributed by atoms with Gasteiger partial charge in [0.1, 0.15) is 0 Å². The second-order valence-corrected chi connectivity index (χ2v) is 8.16. The molecule has 4 rings (SSSR count). The fraction of sp³-hybridized carbons (Fsp3) is 0.545. The van der Waals surface area contributed by atoms with E-state index in [2.05, 4.69) is 58.3 Å². The number of likely N-dealkylation sites (tertiary alicyclic amines) is 1. The second-order valence-electron chi connectivity index (χ2n) is 8.16. The number of aromatic nitrogens is 2. The Labute approximate surface area is 157 Å². The van der Waals surface area contributed by atoms with E-state index in [1.54, 1.807) is 12.4 Å². The minimum atomic E-state index is 0.0148. The van der Waals surface area contributed by atoms with Gasteiger partial charge in [-0.1, -0.05) is 24.3 Å². The molecule has 1 saturated carbocycles. The third-order valence-corrected chi connectivity index (χ3v) is 6.32. The number of nitrogens with one attached hydrogen (secondary N) is 1. The highest BCUT2D eigenvalue weighted by atomic mass is 15.2. The van der Waals surface area contributed by atoms with Crippen molar-refractivity contribution in [2.45, 2.75) is 63.5 Å². The molecule has 0 radical (unpaired) electrons. The molecule has 0 unspecified atom stereocenters. The Kier molecular flexibility index (Phi) is 4.94. The minimum absolute atomic E-state index is 0.0148. The number of hydrogen-bond donors (Lipinski definition) is 1. The minimum Gasteiger partial charge on any atom is -0.345 e. The summed E-state index contributed by atoms with van der Waals surface area (Å²) in [5.41, 5.74) is 2.89. The largest absolute Gasteiger partial charge is 0.345 e. The van der Waals surface area contributed by atoms with Gasteiger partial charge in [-0.3, -0.25) is 0 Å². The molecule has 1 aromatic heterocycles. The highest BCUT2D eigenvalue weighted by Gasteiger charge is 2.39. The molecular weight excluding hydrogens is 320 g/mol. The molecule has 2 fully saturated rings. The van der Waals surface area contributed by atoms with Crippen LogP contribution in [0.25, 0.3) is 0 Å². The quantitative estimate of drug-likeness (QED) is 0.858. The number of nitrogens with zero attached hydrogens (tertiary/aromatic N) is 3. The van der Waals surface area contributed by atoms with Gasteiger partial charge < -0.3 is 10.2 Å². The molecule has 1 aliphatic carbocycles. The van der Waals surface area contributed by atoms with Gasteiger partial charge in [-0.05, 0) is 82.2 Å². The van der Waals surface area contributed by atoms with Gasteiger partial charge in [-0.15, -0.1) is 0 Å². The van der Waals surface area contributed by atoms with Crippen LogP contribution in [0.3, 0.4) is 0 Å². The predicted octanol–water partition coefficient (Wildman–Crippen LogP) is 4.56.